The van der Waals surface area contributed by atoms with Crippen LogP contribution in [0.2, 0.25) is 0 Å². The Morgan fingerprint density at radius 1 is 1.07 bits per heavy atom. The molecule has 2 amide bonds. The van der Waals surface area contributed by atoms with E-state index in [1.807, 2.05) is 48.5 Å². The zero-order valence-electron chi connectivity index (χ0n) is 15.6. The smallest absolute Gasteiger partial charge is 0.227 e. The van der Waals surface area contributed by atoms with Crippen LogP contribution in [0.3, 0.4) is 0 Å². The number of methoxy groups -OCH3 is 2. The Hall–Kier alpha value is -3.02. The Morgan fingerprint density at radius 2 is 1.74 bits per heavy atom. The summed E-state index contributed by atoms with van der Waals surface area (Å²) in [5, 5.41) is 2.94. The van der Waals surface area contributed by atoms with Crippen LogP contribution < -0.4 is 19.7 Å². The quantitative estimate of drug-likeness (QED) is 0.815. The van der Waals surface area contributed by atoms with Crippen molar-refractivity contribution in [3.05, 3.63) is 54.1 Å². The zero-order chi connectivity index (χ0) is 19.2. The van der Waals surface area contributed by atoms with E-state index in [0.29, 0.717) is 30.9 Å². The molecule has 1 unspecified atom stereocenters. The molecule has 1 aliphatic rings. The highest BCUT2D eigenvalue weighted by Gasteiger charge is 2.36. The number of ether oxygens (including phenoxy) is 2. The van der Waals surface area contributed by atoms with Gasteiger partial charge < -0.3 is 19.7 Å². The summed E-state index contributed by atoms with van der Waals surface area (Å²) in [7, 11) is 3.20. The molecule has 142 valence electrons. The highest BCUT2D eigenvalue weighted by Crippen LogP contribution is 2.32. The molecular formula is C21H24N2O4. The van der Waals surface area contributed by atoms with Gasteiger partial charge in [-0.05, 0) is 30.2 Å². The van der Waals surface area contributed by atoms with Crippen molar-refractivity contribution in [1.29, 1.82) is 0 Å². The minimum atomic E-state index is -0.361. The molecule has 0 radical (unpaired) electrons. The Morgan fingerprint density at radius 3 is 2.48 bits per heavy atom. The van der Waals surface area contributed by atoms with Gasteiger partial charge in [-0.1, -0.05) is 30.3 Å². The molecular weight excluding hydrogens is 344 g/mol. The van der Waals surface area contributed by atoms with Crippen LogP contribution in [-0.2, 0) is 16.0 Å². The Kier molecular flexibility index (Phi) is 5.96. The summed E-state index contributed by atoms with van der Waals surface area (Å²) < 4.78 is 10.7. The fourth-order valence-electron chi connectivity index (χ4n) is 3.34. The molecule has 1 fully saturated rings. The van der Waals surface area contributed by atoms with Crippen molar-refractivity contribution >= 4 is 17.5 Å². The molecule has 0 saturated carbocycles. The van der Waals surface area contributed by atoms with Crippen molar-refractivity contribution in [1.82, 2.24) is 5.32 Å². The first-order chi connectivity index (χ1) is 13.1. The molecule has 0 bridgehead atoms. The number of carbonyl (C=O) groups is 2. The maximum atomic E-state index is 12.5. The van der Waals surface area contributed by atoms with Crippen molar-refractivity contribution in [2.24, 2.45) is 5.92 Å². The predicted octanol–water partition coefficient (Wildman–Crippen LogP) is 2.42. The molecule has 2 aromatic rings. The lowest BCUT2D eigenvalue weighted by atomic mass is 10.1. The van der Waals surface area contributed by atoms with E-state index < -0.39 is 0 Å². The first kappa shape index (κ1) is 18.8. The molecule has 1 atom stereocenters. The highest BCUT2D eigenvalue weighted by atomic mass is 16.5. The normalized spacial score (nSPS) is 16.3. The van der Waals surface area contributed by atoms with Crippen molar-refractivity contribution in [3.8, 4) is 11.5 Å². The Balaban J connectivity index is 1.58. The van der Waals surface area contributed by atoms with Gasteiger partial charge >= 0.3 is 0 Å². The number of carbonyl (C=O) groups excluding carboxylic acids is 2. The molecule has 2 aromatic carbocycles. The first-order valence-electron chi connectivity index (χ1n) is 8.97. The molecule has 1 aliphatic heterocycles. The fraction of sp³-hybridized carbons (Fsp3) is 0.333. The highest BCUT2D eigenvalue weighted by molar-refractivity contribution is 6.01. The maximum absolute atomic E-state index is 12.5. The van der Waals surface area contributed by atoms with Gasteiger partial charge in [-0.3, -0.25) is 9.59 Å². The summed E-state index contributed by atoms with van der Waals surface area (Å²) in [4.78, 5) is 26.6. The molecule has 6 nitrogen and oxygen atoms in total. The third kappa shape index (κ3) is 4.22. The number of nitrogens with zero attached hydrogens (tertiary/aromatic N) is 1. The number of para-hydroxylation sites is 3. The topological polar surface area (TPSA) is 67.9 Å². The van der Waals surface area contributed by atoms with E-state index >= 15 is 0 Å². The van der Waals surface area contributed by atoms with Crippen LogP contribution in [0.15, 0.2) is 48.5 Å². The van der Waals surface area contributed by atoms with Gasteiger partial charge in [-0.25, -0.2) is 0 Å². The van der Waals surface area contributed by atoms with Crippen LogP contribution in [0.4, 0.5) is 5.69 Å². The van der Waals surface area contributed by atoms with Crippen LogP contribution in [-0.4, -0.2) is 39.1 Å². The van der Waals surface area contributed by atoms with Gasteiger partial charge in [0.25, 0.3) is 0 Å². The maximum Gasteiger partial charge on any atom is 0.227 e. The lowest BCUT2D eigenvalue weighted by Gasteiger charge is -2.19. The van der Waals surface area contributed by atoms with Crippen molar-refractivity contribution in [2.45, 2.75) is 12.8 Å². The van der Waals surface area contributed by atoms with E-state index in [1.54, 1.807) is 19.1 Å². The predicted molar refractivity (Wildman–Crippen MR) is 103 cm³/mol. The first-order valence-corrected chi connectivity index (χ1v) is 8.97. The largest absolute Gasteiger partial charge is 0.496 e. The summed E-state index contributed by atoms with van der Waals surface area (Å²) in [6, 6.07) is 15.1. The van der Waals surface area contributed by atoms with E-state index in [0.717, 1.165) is 11.3 Å². The van der Waals surface area contributed by atoms with Crippen molar-refractivity contribution in [2.75, 3.05) is 32.2 Å². The second kappa shape index (κ2) is 8.58. The van der Waals surface area contributed by atoms with Crippen LogP contribution in [0.1, 0.15) is 12.0 Å². The van der Waals surface area contributed by atoms with Gasteiger partial charge in [0.2, 0.25) is 11.8 Å². The van der Waals surface area contributed by atoms with Crippen molar-refractivity contribution < 1.29 is 19.1 Å². The molecule has 1 N–H and O–H groups in total. The van der Waals surface area contributed by atoms with Gasteiger partial charge in [0.05, 0.1) is 25.8 Å². The molecule has 27 heavy (non-hydrogen) atoms. The summed E-state index contributed by atoms with van der Waals surface area (Å²) in [5.41, 5.74) is 1.74. The molecule has 1 heterocycles. The third-order valence-electron chi connectivity index (χ3n) is 4.76. The average Bonchev–Trinajstić information content (AvgIpc) is 3.09. The Labute approximate surface area is 159 Å². The second-order valence-electron chi connectivity index (χ2n) is 6.43. The number of anilines is 1. The molecule has 1 saturated heterocycles. The lowest BCUT2D eigenvalue weighted by Crippen LogP contribution is -2.34. The SMILES string of the molecule is COc1ccccc1CCNC(=O)C1CC(=O)N(c2ccccc2OC)C1. The summed E-state index contributed by atoms with van der Waals surface area (Å²) in [5.74, 6) is 0.910. The average molecular weight is 368 g/mol. The van der Waals surface area contributed by atoms with Gasteiger partial charge in [0.1, 0.15) is 11.5 Å². The molecule has 6 heteroatoms. The van der Waals surface area contributed by atoms with Gasteiger partial charge in [-0.2, -0.15) is 0 Å². The standard InChI is InChI=1S/C21H24N2O4/c1-26-18-9-5-3-7-15(18)11-12-22-21(25)16-13-20(24)23(14-16)17-8-4-6-10-19(17)27-2/h3-10,16H,11-14H2,1-2H3,(H,22,25). The second-order valence-corrected chi connectivity index (χ2v) is 6.43. The van der Waals surface area contributed by atoms with E-state index in [1.165, 1.54) is 0 Å². The molecule has 0 spiro atoms. The molecule has 0 aliphatic carbocycles. The minimum absolute atomic E-state index is 0.0654. The zero-order valence-corrected chi connectivity index (χ0v) is 15.6. The number of rotatable bonds is 7. The molecule has 3 rings (SSSR count). The number of hydrogen-bond acceptors (Lipinski definition) is 4. The fourth-order valence-corrected chi connectivity index (χ4v) is 3.34. The third-order valence-corrected chi connectivity index (χ3v) is 4.76. The van der Waals surface area contributed by atoms with Gasteiger partial charge in [0.15, 0.2) is 0 Å². The summed E-state index contributed by atoms with van der Waals surface area (Å²) in [6.45, 7) is 0.859. The van der Waals surface area contributed by atoms with E-state index in [4.69, 9.17) is 9.47 Å². The van der Waals surface area contributed by atoms with Gasteiger partial charge in [0, 0.05) is 19.5 Å². The van der Waals surface area contributed by atoms with E-state index in [2.05, 4.69) is 5.32 Å². The van der Waals surface area contributed by atoms with Gasteiger partial charge in [-0.15, -0.1) is 0 Å². The van der Waals surface area contributed by atoms with Crippen LogP contribution in [0.5, 0.6) is 11.5 Å². The number of hydrogen-bond donors (Lipinski definition) is 1. The number of amides is 2. The van der Waals surface area contributed by atoms with Crippen molar-refractivity contribution in [3.63, 3.8) is 0 Å². The van der Waals surface area contributed by atoms with Crippen LogP contribution in [0.25, 0.3) is 0 Å². The minimum Gasteiger partial charge on any atom is -0.496 e. The summed E-state index contributed by atoms with van der Waals surface area (Å²) >= 11 is 0. The number of benzene rings is 2. The van der Waals surface area contributed by atoms with E-state index in [9.17, 15) is 9.59 Å². The van der Waals surface area contributed by atoms with Crippen LogP contribution in [0, 0.1) is 5.92 Å². The van der Waals surface area contributed by atoms with Crippen LogP contribution >= 0.6 is 0 Å². The lowest BCUT2D eigenvalue weighted by molar-refractivity contribution is -0.126. The molecule has 0 aromatic heterocycles. The summed E-state index contributed by atoms with van der Waals surface area (Å²) in [6.07, 6.45) is 0.880. The monoisotopic (exact) mass is 368 g/mol. The number of nitrogens with one attached hydrogen (secondary N) is 1. The Bertz CT molecular complexity index is 821. The van der Waals surface area contributed by atoms with E-state index in [-0.39, 0.29) is 24.2 Å².